The smallest absolute Gasteiger partial charge is 0.370 e. The molecule has 0 saturated heterocycles. The SMILES string of the molecule is Cn1cc(CN=C(N)NCC2CCC2)c(C(F)(F)F)n1. The van der Waals surface area contributed by atoms with Gasteiger partial charge in [0.2, 0.25) is 0 Å². The maximum absolute atomic E-state index is 12.7. The number of hydrogen-bond donors (Lipinski definition) is 2. The summed E-state index contributed by atoms with van der Waals surface area (Å²) in [4.78, 5) is 3.94. The normalized spacial score (nSPS) is 17.1. The third-order valence-electron chi connectivity index (χ3n) is 3.39. The van der Waals surface area contributed by atoms with Gasteiger partial charge in [-0.25, -0.2) is 4.99 Å². The molecule has 2 rings (SSSR count). The van der Waals surface area contributed by atoms with Crippen LogP contribution >= 0.6 is 0 Å². The fraction of sp³-hybridized carbons (Fsp3) is 0.667. The van der Waals surface area contributed by atoms with E-state index < -0.39 is 11.9 Å². The van der Waals surface area contributed by atoms with Crippen LogP contribution in [0.2, 0.25) is 0 Å². The van der Waals surface area contributed by atoms with E-state index in [1.165, 1.54) is 32.5 Å². The molecular weight excluding hydrogens is 271 g/mol. The summed E-state index contributed by atoms with van der Waals surface area (Å²) in [5.74, 6) is 0.779. The number of alkyl halides is 3. The summed E-state index contributed by atoms with van der Waals surface area (Å²) >= 11 is 0. The summed E-state index contributed by atoms with van der Waals surface area (Å²) in [6, 6.07) is 0. The van der Waals surface area contributed by atoms with Crippen molar-refractivity contribution in [2.24, 2.45) is 23.7 Å². The van der Waals surface area contributed by atoms with Gasteiger partial charge in [-0.1, -0.05) is 6.42 Å². The molecule has 1 aromatic rings. The Morgan fingerprint density at radius 1 is 1.55 bits per heavy atom. The number of aromatic nitrogens is 2. The van der Waals surface area contributed by atoms with Crippen molar-refractivity contribution in [3.63, 3.8) is 0 Å². The van der Waals surface area contributed by atoms with Crippen molar-refractivity contribution in [3.8, 4) is 0 Å². The first-order chi connectivity index (χ1) is 9.36. The Bertz CT molecular complexity index is 488. The van der Waals surface area contributed by atoms with Crippen LogP contribution in [0.15, 0.2) is 11.2 Å². The monoisotopic (exact) mass is 289 g/mol. The standard InChI is InChI=1S/C12H18F3N5/c1-20-7-9(10(19-20)12(13,14)15)6-18-11(16)17-5-8-3-2-4-8/h7-8H,2-6H2,1H3,(H3,16,17,18). The van der Waals surface area contributed by atoms with E-state index in [4.69, 9.17) is 5.73 Å². The second-order valence-corrected chi connectivity index (χ2v) is 5.05. The minimum absolute atomic E-state index is 0.0217. The van der Waals surface area contributed by atoms with E-state index in [0.29, 0.717) is 5.92 Å². The van der Waals surface area contributed by atoms with E-state index in [1.54, 1.807) is 0 Å². The van der Waals surface area contributed by atoms with E-state index in [1.807, 2.05) is 0 Å². The van der Waals surface area contributed by atoms with E-state index in [0.717, 1.165) is 11.2 Å². The van der Waals surface area contributed by atoms with Crippen LogP contribution in [-0.2, 0) is 19.8 Å². The average Bonchev–Trinajstić information content (AvgIpc) is 2.65. The minimum atomic E-state index is -4.47. The zero-order chi connectivity index (χ0) is 14.8. The fourth-order valence-electron chi connectivity index (χ4n) is 2.06. The summed E-state index contributed by atoms with van der Waals surface area (Å²) < 4.78 is 39.3. The van der Waals surface area contributed by atoms with Gasteiger partial charge in [-0.3, -0.25) is 4.68 Å². The van der Waals surface area contributed by atoms with Crippen LogP contribution in [0.5, 0.6) is 0 Å². The van der Waals surface area contributed by atoms with Crippen molar-refractivity contribution in [1.82, 2.24) is 15.1 Å². The highest BCUT2D eigenvalue weighted by atomic mass is 19.4. The first-order valence-corrected chi connectivity index (χ1v) is 6.50. The molecule has 0 atom stereocenters. The highest BCUT2D eigenvalue weighted by Crippen LogP contribution is 2.30. The van der Waals surface area contributed by atoms with Gasteiger partial charge < -0.3 is 11.1 Å². The van der Waals surface area contributed by atoms with Crippen molar-refractivity contribution >= 4 is 5.96 Å². The molecule has 0 spiro atoms. The summed E-state index contributed by atoms with van der Waals surface area (Å²) in [5, 5.41) is 6.36. The molecule has 0 aromatic carbocycles. The number of aryl methyl sites for hydroxylation is 1. The van der Waals surface area contributed by atoms with Crippen LogP contribution in [-0.4, -0.2) is 22.3 Å². The highest BCUT2D eigenvalue weighted by molar-refractivity contribution is 5.77. The van der Waals surface area contributed by atoms with E-state index in [9.17, 15) is 13.2 Å². The molecule has 1 fully saturated rings. The lowest BCUT2D eigenvalue weighted by Gasteiger charge is -2.25. The van der Waals surface area contributed by atoms with E-state index in [-0.39, 0.29) is 18.1 Å². The Labute approximate surface area is 115 Å². The van der Waals surface area contributed by atoms with Crippen molar-refractivity contribution in [2.75, 3.05) is 6.54 Å². The number of nitrogens with zero attached hydrogens (tertiary/aromatic N) is 3. The minimum Gasteiger partial charge on any atom is -0.370 e. The average molecular weight is 289 g/mol. The van der Waals surface area contributed by atoms with Gasteiger partial charge in [-0.15, -0.1) is 0 Å². The van der Waals surface area contributed by atoms with Crippen molar-refractivity contribution in [2.45, 2.75) is 32.0 Å². The zero-order valence-corrected chi connectivity index (χ0v) is 11.2. The predicted octanol–water partition coefficient (Wildman–Crippen LogP) is 1.64. The molecule has 112 valence electrons. The number of aliphatic imine (C=N–C) groups is 1. The summed E-state index contributed by atoms with van der Waals surface area (Å²) in [5.41, 5.74) is 4.76. The molecule has 1 heterocycles. The number of nitrogens with one attached hydrogen (secondary N) is 1. The Kier molecular flexibility index (Phi) is 4.20. The highest BCUT2D eigenvalue weighted by Gasteiger charge is 2.36. The molecule has 0 aliphatic heterocycles. The van der Waals surface area contributed by atoms with Crippen LogP contribution in [0.3, 0.4) is 0 Å². The first kappa shape index (κ1) is 14.7. The summed E-state index contributed by atoms with van der Waals surface area (Å²) in [6.45, 7) is 0.598. The molecule has 1 aliphatic rings. The number of rotatable bonds is 4. The molecule has 0 amide bonds. The Hall–Kier alpha value is -1.73. The maximum atomic E-state index is 12.7. The third kappa shape index (κ3) is 3.64. The Balaban J connectivity index is 1.95. The van der Waals surface area contributed by atoms with Gasteiger partial charge in [0.25, 0.3) is 0 Å². The van der Waals surface area contributed by atoms with Crippen LogP contribution in [0.1, 0.15) is 30.5 Å². The van der Waals surface area contributed by atoms with Gasteiger partial charge >= 0.3 is 6.18 Å². The van der Waals surface area contributed by atoms with Crippen LogP contribution in [0.4, 0.5) is 13.2 Å². The predicted molar refractivity (Wildman–Crippen MR) is 68.9 cm³/mol. The van der Waals surface area contributed by atoms with Crippen LogP contribution in [0.25, 0.3) is 0 Å². The molecule has 0 radical (unpaired) electrons. The topological polar surface area (TPSA) is 68.2 Å². The second-order valence-electron chi connectivity index (χ2n) is 5.05. The quantitative estimate of drug-likeness (QED) is 0.654. The van der Waals surface area contributed by atoms with Gasteiger partial charge in [-0.05, 0) is 18.8 Å². The molecule has 0 unspecified atom stereocenters. The molecule has 3 N–H and O–H groups in total. The van der Waals surface area contributed by atoms with Gasteiger partial charge in [0.15, 0.2) is 11.7 Å². The fourth-order valence-corrected chi connectivity index (χ4v) is 2.06. The molecule has 1 aromatic heterocycles. The molecule has 20 heavy (non-hydrogen) atoms. The van der Waals surface area contributed by atoms with Crippen LogP contribution < -0.4 is 11.1 Å². The molecule has 5 nitrogen and oxygen atoms in total. The van der Waals surface area contributed by atoms with Gasteiger partial charge in [0.05, 0.1) is 6.54 Å². The zero-order valence-electron chi connectivity index (χ0n) is 11.2. The number of nitrogens with two attached hydrogens (primary N) is 1. The molecule has 0 bridgehead atoms. The lowest BCUT2D eigenvalue weighted by atomic mass is 9.85. The van der Waals surface area contributed by atoms with Crippen molar-refractivity contribution in [1.29, 1.82) is 0 Å². The lowest BCUT2D eigenvalue weighted by Crippen LogP contribution is -2.37. The molecule has 1 saturated carbocycles. The van der Waals surface area contributed by atoms with E-state index >= 15 is 0 Å². The summed E-state index contributed by atoms with van der Waals surface area (Å²) in [6.07, 6.45) is 0.405. The number of guanidine groups is 1. The largest absolute Gasteiger partial charge is 0.435 e. The summed E-state index contributed by atoms with van der Waals surface area (Å²) in [7, 11) is 1.45. The molecule has 8 heteroatoms. The molecular formula is C12H18F3N5. The first-order valence-electron chi connectivity index (χ1n) is 6.50. The van der Waals surface area contributed by atoms with Gasteiger partial charge in [0.1, 0.15) is 0 Å². The molecule has 1 aliphatic carbocycles. The van der Waals surface area contributed by atoms with Gasteiger partial charge in [-0.2, -0.15) is 18.3 Å². The van der Waals surface area contributed by atoms with E-state index in [2.05, 4.69) is 15.4 Å². The van der Waals surface area contributed by atoms with Crippen molar-refractivity contribution < 1.29 is 13.2 Å². The third-order valence-corrected chi connectivity index (χ3v) is 3.39. The van der Waals surface area contributed by atoms with Gasteiger partial charge in [0, 0.05) is 25.4 Å². The Morgan fingerprint density at radius 2 is 2.25 bits per heavy atom. The number of hydrogen-bond acceptors (Lipinski definition) is 2. The lowest BCUT2D eigenvalue weighted by molar-refractivity contribution is -0.142. The van der Waals surface area contributed by atoms with Crippen LogP contribution in [0, 0.1) is 5.92 Å². The van der Waals surface area contributed by atoms with Crippen molar-refractivity contribution in [3.05, 3.63) is 17.5 Å². The second kappa shape index (κ2) is 5.72. The maximum Gasteiger partial charge on any atom is 0.435 e. The number of halogens is 3. The Morgan fingerprint density at radius 3 is 2.80 bits per heavy atom.